The van der Waals surface area contributed by atoms with Crippen molar-refractivity contribution in [2.45, 2.75) is 56.5 Å². The summed E-state index contributed by atoms with van der Waals surface area (Å²) in [5.74, 6) is 0. The van der Waals surface area contributed by atoms with Gasteiger partial charge in [-0.25, -0.2) is 0 Å². The zero-order valence-corrected chi connectivity index (χ0v) is 17.2. The molecular weight excluding hydrogens is 332 g/mol. The molecule has 5 nitrogen and oxygen atoms in total. The van der Waals surface area contributed by atoms with Crippen LogP contribution < -0.4 is 5.73 Å². The van der Waals surface area contributed by atoms with Gasteiger partial charge in [0, 0.05) is 40.6 Å². The molecule has 142 valence electrons. The monoisotopic (exact) mass is 366 g/mol. The van der Waals surface area contributed by atoms with Crippen LogP contribution in [0.1, 0.15) is 38.2 Å². The molecule has 1 aliphatic heterocycles. The van der Waals surface area contributed by atoms with E-state index < -0.39 is 13.8 Å². The zero-order valence-electron chi connectivity index (χ0n) is 16.2. The number of rotatable bonds is 9. The van der Waals surface area contributed by atoms with Gasteiger partial charge >= 0.3 is 8.56 Å². The van der Waals surface area contributed by atoms with Crippen LogP contribution in [0.25, 0.3) is 0 Å². The largest absolute Gasteiger partial charge is 0.396 e. The maximum absolute atomic E-state index is 6.26. The fraction of sp³-hybridized carbons (Fsp3) is 0.684. The maximum atomic E-state index is 6.26. The van der Waals surface area contributed by atoms with Crippen molar-refractivity contribution in [2.75, 3.05) is 28.0 Å². The van der Waals surface area contributed by atoms with E-state index in [0.717, 1.165) is 38.3 Å². The highest BCUT2D eigenvalue weighted by Crippen LogP contribution is 2.45. The number of nitrogens with zero attached hydrogens (tertiary/aromatic N) is 1. The van der Waals surface area contributed by atoms with E-state index in [2.05, 4.69) is 36.1 Å². The van der Waals surface area contributed by atoms with Crippen molar-refractivity contribution in [3.8, 4) is 0 Å². The molecule has 1 aromatic rings. The van der Waals surface area contributed by atoms with Gasteiger partial charge in [0.15, 0.2) is 0 Å². The quantitative estimate of drug-likeness (QED) is 0.538. The third kappa shape index (κ3) is 3.84. The summed E-state index contributed by atoms with van der Waals surface area (Å²) >= 11 is 0. The molecule has 0 spiro atoms. The second-order valence-corrected chi connectivity index (χ2v) is 10.5. The van der Waals surface area contributed by atoms with Crippen LogP contribution in [0.5, 0.6) is 0 Å². The molecule has 2 unspecified atom stereocenters. The molecule has 0 amide bonds. The van der Waals surface area contributed by atoms with E-state index in [1.165, 1.54) is 5.56 Å². The minimum Gasteiger partial charge on any atom is -0.396 e. The first kappa shape index (κ1) is 20.5. The Kier molecular flexibility index (Phi) is 7.61. The van der Waals surface area contributed by atoms with Crippen molar-refractivity contribution in [3.05, 3.63) is 35.9 Å². The Labute approximate surface area is 153 Å². The van der Waals surface area contributed by atoms with Crippen LogP contribution >= 0.6 is 0 Å². The molecule has 25 heavy (non-hydrogen) atoms. The summed E-state index contributed by atoms with van der Waals surface area (Å²) in [6, 6.07) is 11.7. The number of nitrogens with two attached hydrogens (primary N) is 1. The number of ether oxygens (including phenoxy) is 1. The van der Waals surface area contributed by atoms with E-state index in [1.807, 2.05) is 13.2 Å². The fourth-order valence-electron chi connectivity index (χ4n) is 4.58. The molecule has 1 heterocycles. The van der Waals surface area contributed by atoms with Gasteiger partial charge in [0.2, 0.25) is 0 Å². The van der Waals surface area contributed by atoms with E-state index in [1.54, 1.807) is 14.2 Å². The van der Waals surface area contributed by atoms with E-state index in [4.69, 9.17) is 19.3 Å². The lowest BCUT2D eigenvalue weighted by Crippen LogP contribution is -2.73. The first-order valence-electron chi connectivity index (χ1n) is 9.26. The summed E-state index contributed by atoms with van der Waals surface area (Å²) in [6.45, 7) is 3.50. The predicted octanol–water partition coefficient (Wildman–Crippen LogP) is 3.03. The van der Waals surface area contributed by atoms with E-state index in [9.17, 15) is 0 Å². The molecule has 2 atom stereocenters. The van der Waals surface area contributed by atoms with Crippen LogP contribution in [-0.2, 0) is 20.1 Å². The van der Waals surface area contributed by atoms with Gasteiger partial charge in [0.25, 0.3) is 0 Å². The second-order valence-electron chi connectivity index (χ2n) is 6.83. The Hall–Kier alpha value is -0.763. The van der Waals surface area contributed by atoms with Gasteiger partial charge in [-0.1, -0.05) is 43.7 Å². The van der Waals surface area contributed by atoms with Gasteiger partial charge in [-0.2, -0.15) is 0 Å². The van der Waals surface area contributed by atoms with Crippen LogP contribution in [0.2, 0.25) is 6.04 Å². The standard InChI is InChI=1S/C19H34N2O3Si/c1-5-13-19(22-2)18(12-9-14-25(19,23-3)24-4)21(16-20)15-17-10-7-6-8-11-17/h6-8,10-11,18H,5,9,12-16,20H2,1-4H3. The van der Waals surface area contributed by atoms with E-state index >= 15 is 0 Å². The van der Waals surface area contributed by atoms with Crippen molar-refractivity contribution in [2.24, 2.45) is 5.73 Å². The Morgan fingerprint density at radius 1 is 1.20 bits per heavy atom. The van der Waals surface area contributed by atoms with Crippen molar-refractivity contribution in [1.29, 1.82) is 0 Å². The Balaban J connectivity index is 2.39. The average Bonchev–Trinajstić information content (AvgIpc) is 2.67. The lowest BCUT2D eigenvalue weighted by molar-refractivity contribution is -0.0758. The molecule has 1 aliphatic rings. The van der Waals surface area contributed by atoms with Crippen LogP contribution in [0, 0.1) is 0 Å². The first-order valence-corrected chi connectivity index (χ1v) is 11.3. The number of hydrogen-bond acceptors (Lipinski definition) is 5. The zero-order chi connectivity index (χ0) is 18.3. The second kappa shape index (κ2) is 9.25. The minimum absolute atomic E-state index is 0.197. The molecule has 0 aliphatic carbocycles. The first-order chi connectivity index (χ1) is 12.1. The van der Waals surface area contributed by atoms with Gasteiger partial charge in [0.05, 0.1) is 0 Å². The summed E-state index contributed by atoms with van der Waals surface area (Å²) in [5.41, 5.74) is 7.46. The van der Waals surface area contributed by atoms with Gasteiger partial charge < -0.3 is 19.3 Å². The van der Waals surface area contributed by atoms with Crippen molar-refractivity contribution < 1.29 is 13.6 Å². The third-order valence-electron chi connectivity index (χ3n) is 5.72. The Morgan fingerprint density at radius 3 is 2.40 bits per heavy atom. The van der Waals surface area contributed by atoms with Gasteiger partial charge in [-0.15, -0.1) is 0 Å². The molecule has 0 saturated carbocycles. The summed E-state index contributed by atoms with van der Waals surface area (Å²) in [7, 11) is 2.87. The molecule has 0 bridgehead atoms. The molecule has 6 heteroatoms. The molecule has 0 aromatic heterocycles. The van der Waals surface area contributed by atoms with E-state index in [-0.39, 0.29) is 6.04 Å². The molecular formula is C19H34N2O3Si. The molecule has 1 aromatic carbocycles. The van der Waals surface area contributed by atoms with Crippen LogP contribution in [-0.4, -0.2) is 52.7 Å². The van der Waals surface area contributed by atoms with Crippen molar-refractivity contribution >= 4 is 8.56 Å². The highest BCUT2D eigenvalue weighted by atomic mass is 28.4. The molecule has 2 N–H and O–H groups in total. The minimum atomic E-state index is -2.51. The van der Waals surface area contributed by atoms with Crippen LogP contribution in [0.4, 0.5) is 0 Å². The number of methoxy groups -OCH3 is 1. The van der Waals surface area contributed by atoms with Crippen LogP contribution in [0.15, 0.2) is 30.3 Å². The molecule has 2 rings (SSSR count). The predicted molar refractivity (Wildman–Crippen MR) is 103 cm³/mol. The van der Waals surface area contributed by atoms with E-state index in [0.29, 0.717) is 6.67 Å². The summed E-state index contributed by atoms with van der Waals surface area (Å²) in [6.07, 6.45) is 4.08. The third-order valence-corrected chi connectivity index (χ3v) is 10.1. The Bertz CT molecular complexity index is 513. The lowest BCUT2D eigenvalue weighted by Gasteiger charge is -2.55. The summed E-state index contributed by atoms with van der Waals surface area (Å²) < 4.78 is 18.4. The van der Waals surface area contributed by atoms with Gasteiger partial charge in [0.1, 0.15) is 5.22 Å². The average molecular weight is 367 g/mol. The highest BCUT2D eigenvalue weighted by Gasteiger charge is 2.64. The maximum Gasteiger partial charge on any atom is 0.372 e. The molecule has 1 fully saturated rings. The van der Waals surface area contributed by atoms with Gasteiger partial charge in [-0.05, 0) is 30.9 Å². The lowest BCUT2D eigenvalue weighted by atomic mass is 9.97. The van der Waals surface area contributed by atoms with Crippen LogP contribution in [0.3, 0.4) is 0 Å². The summed E-state index contributed by atoms with van der Waals surface area (Å²) in [5, 5.41) is -0.405. The van der Waals surface area contributed by atoms with Crippen molar-refractivity contribution in [1.82, 2.24) is 4.90 Å². The number of benzene rings is 1. The molecule has 0 radical (unpaired) electrons. The normalized spacial score (nSPS) is 26.1. The number of hydrogen-bond donors (Lipinski definition) is 1. The van der Waals surface area contributed by atoms with Crippen molar-refractivity contribution in [3.63, 3.8) is 0 Å². The Morgan fingerprint density at radius 2 is 1.88 bits per heavy atom. The van der Waals surface area contributed by atoms with Gasteiger partial charge in [-0.3, -0.25) is 4.90 Å². The fourth-order valence-corrected chi connectivity index (χ4v) is 8.71. The smallest absolute Gasteiger partial charge is 0.372 e. The topological polar surface area (TPSA) is 57.0 Å². The SMILES string of the molecule is CCCC1(OC)C(N(CN)Cc2ccccc2)CCC[Si]1(OC)OC. The summed E-state index contributed by atoms with van der Waals surface area (Å²) in [4.78, 5) is 2.34. The molecule has 1 saturated heterocycles. The highest BCUT2D eigenvalue weighted by molar-refractivity contribution is 6.71.